The van der Waals surface area contributed by atoms with Crippen LogP contribution in [-0.2, 0) is 9.59 Å². The van der Waals surface area contributed by atoms with Gasteiger partial charge in [0.15, 0.2) is 0 Å². The van der Waals surface area contributed by atoms with Gasteiger partial charge in [0, 0.05) is 12.1 Å². The van der Waals surface area contributed by atoms with Crippen LogP contribution in [0.15, 0.2) is 55.1 Å². The number of hydrogen-bond donors (Lipinski definition) is 3. The lowest BCUT2D eigenvalue weighted by Gasteiger charge is -2.21. The molecule has 4 N–H and O–H groups in total. The van der Waals surface area contributed by atoms with Crippen LogP contribution in [0, 0.1) is 10.1 Å². The van der Waals surface area contributed by atoms with E-state index in [0.717, 1.165) is 0 Å². The van der Waals surface area contributed by atoms with Crippen LogP contribution in [0.5, 0.6) is 5.75 Å². The van der Waals surface area contributed by atoms with Crippen LogP contribution >= 0.6 is 0 Å². The van der Waals surface area contributed by atoms with Gasteiger partial charge < -0.3 is 20.7 Å². The minimum Gasteiger partial charge on any atom is -0.488 e. The van der Waals surface area contributed by atoms with Gasteiger partial charge in [0.2, 0.25) is 0 Å². The Hall–Kier alpha value is -3.72. The smallest absolute Gasteiger partial charge is 0.324 e. The van der Waals surface area contributed by atoms with E-state index in [1.165, 1.54) is 24.3 Å². The highest BCUT2D eigenvalue weighted by Crippen LogP contribution is 2.26. The number of nitrogens with two attached hydrogens (primary N) is 1. The van der Waals surface area contributed by atoms with Crippen LogP contribution in [0.3, 0.4) is 0 Å². The normalized spacial score (nSPS) is 12.6. The highest BCUT2D eigenvalue weighted by molar-refractivity contribution is 5.79. The zero-order valence-electron chi connectivity index (χ0n) is 14.6. The van der Waals surface area contributed by atoms with Gasteiger partial charge in [-0.1, -0.05) is 18.7 Å². The van der Waals surface area contributed by atoms with Gasteiger partial charge in [-0.05, 0) is 41.0 Å². The molecule has 0 spiro atoms. The molecule has 0 amide bonds. The van der Waals surface area contributed by atoms with Crippen molar-refractivity contribution in [3.63, 3.8) is 0 Å². The SMILES string of the molecule is C=C(c1ccc(OC(CC(=O)O)[C@H](N)C(=O)O)cc1)c1ccc([N+](=O)[O-])cc1. The lowest BCUT2D eigenvalue weighted by molar-refractivity contribution is -0.384. The molecular formula is C19H18N2O7. The molecule has 2 rings (SSSR count). The molecule has 0 aliphatic carbocycles. The van der Waals surface area contributed by atoms with E-state index >= 15 is 0 Å². The standard InChI is InChI=1S/C19H18N2O7/c1-11(12-2-6-14(7-3-12)21(26)27)13-4-8-15(9-5-13)28-16(10-17(22)23)18(20)19(24)25/h2-9,16,18H,1,10,20H2,(H,22,23)(H,24,25)/t16?,18-/m0/s1. The number of hydrogen-bond acceptors (Lipinski definition) is 6. The molecule has 0 fully saturated rings. The summed E-state index contributed by atoms with van der Waals surface area (Å²) >= 11 is 0. The molecule has 1 unspecified atom stereocenters. The number of aliphatic carboxylic acids is 2. The number of carbonyl (C=O) groups is 2. The Morgan fingerprint density at radius 2 is 1.57 bits per heavy atom. The maximum Gasteiger partial charge on any atom is 0.324 e. The summed E-state index contributed by atoms with van der Waals surface area (Å²) in [5, 5.41) is 28.6. The number of ether oxygens (including phenoxy) is 1. The van der Waals surface area contributed by atoms with Crippen LogP contribution in [0.1, 0.15) is 17.5 Å². The molecule has 28 heavy (non-hydrogen) atoms. The molecule has 0 heterocycles. The summed E-state index contributed by atoms with van der Waals surface area (Å²) in [5.41, 5.74) is 7.48. The first-order valence-corrected chi connectivity index (χ1v) is 8.10. The molecule has 0 aliphatic rings. The number of carboxylic acids is 2. The van der Waals surface area contributed by atoms with E-state index in [9.17, 15) is 19.7 Å². The average molecular weight is 386 g/mol. The molecule has 0 saturated heterocycles. The van der Waals surface area contributed by atoms with Crippen LogP contribution in [-0.4, -0.2) is 39.2 Å². The maximum atomic E-state index is 11.0. The van der Waals surface area contributed by atoms with Crippen LogP contribution < -0.4 is 10.5 Å². The Balaban J connectivity index is 2.14. The van der Waals surface area contributed by atoms with E-state index in [1.54, 1.807) is 24.3 Å². The molecule has 2 aromatic carbocycles. The first kappa shape index (κ1) is 20.6. The van der Waals surface area contributed by atoms with Crippen LogP contribution in [0.4, 0.5) is 5.69 Å². The Kier molecular flexibility index (Phi) is 6.46. The van der Waals surface area contributed by atoms with E-state index in [1.807, 2.05) is 0 Å². The van der Waals surface area contributed by atoms with Gasteiger partial charge in [0.25, 0.3) is 5.69 Å². The molecule has 2 aromatic rings. The maximum absolute atomic E-state index is 11.0. The molecule has 0 saturated carbocycles. The average Bonchev–Trinajstić information content (AvgIpc) is 2.66. The first-order chi connectivity index (χ1) is 13.2. The third-order valence-electron chi connectivity index (χ3n) is 3.98. The van der Waals surface area contributed by atoms with E-state index in [-0.39, 0.29) is 11.4 Å². The van der Waals surface area contributed by atoms with Crippen molar-refractivity contribution in [2.24, 2.45) is 5.73 Å². The lowest BCUT2D eigenvalue weighted by Crippen LogP contribution is -2.46. The number of rotatable bonds is 9. The second-order valence-corrected chi connectivity index (χ2v) is 5.93. The minimum absolute atomic E-state index is 0.0282. The van der Waals surface area contributed by atoms with Gasteiger partial charge in [-0.3, -0.25) is 19.7 Å². The third-order valence-corrected chi connectivity index (χ3v) is 3.98. The summed E-state index contributed by atoms with van der Waals surface area (Å²) in [4.78, 5) is 32.2. The summed E-state index contributed by atoms with van der Waals surface area (Å²) in [6, 6.07) is 10.8. The second-order valence-electron chi connectivity index (χ2n) is 5.93. The third kappa shape index (κ3) is 5.15. The van der Waals surface area contributed by atoms with E-state index in [4.69, 9.17) is 20.7 Å². The Morgan fingerprint density at radius 3 is 2.00 bits per heavy atom. The molecule has 146 valence electrons. The van der Waals surface area contributed by atoms with Crippen LogP contribution in [0.25, 0.3) is 5.57 Å². The fraction of sp³-hybridized carbons (Fsp3) is 0.158. The quantitative estimate of drug-likeness (QED) is 0.438. The topological polar surface area (TPSA) is 153 Å². The molecule has 2 atom stereocenters. The highest BCUT2D eigenvalue weighted by Gasteiger charge is 2.28. The summed E-state index contributed by atoms with van der Waals surface area (Å²) in [6.45, 7) is 3.97. The van der Waals surface area contributed by atoms with Crippen molar-refractivity contribution in [3.8, 4) is 5.75 Å². The summed E-state index contributed by atoms with van der Waals surface area (Å²) < 4.78 is 5.44. The number of nitro groups is 1. The van der Waals surface area contributed by atoms with Gasteiger partial charge in [-0.2, -0.15) is 0 Å². The number of nitro benzene ring substituents is 1. The van der Waals surface area contributed by atoms with Crippen molar-refractivity contribution < 1.29 is 29.5 Å². The zero-order valence-corrected chi connectivity index (χ0v) is 14.6. The lowest BCUT2D eigenvalue weighted by atomic mass is 9.99. The predicted octanol–water partition coefficient (Wildman–Crippen LogP) is 2.29. The van der Waals surface area contributed by atoms with Crippen molar-refractivity contribution in [2.45, 2.75) is 18.6 Å². The molecule has 9 nitrogen and oxygen atoms in total. The van der Waals surface area contributed by atoms with Crippen molar-refractivity contribution >= 4 is 23.2 Å². The van der Waals surface area contributed by atoms with Crippen molar-refractivity contribution in [2.75, 3.05) is 0 Å². The van der Waals surface area contributed by atoms with Crippen LogP contribution in [0.2, 0.25) is 0 Å². The molecular weight excluding hydrogens is 368 g/mol. The minimum atomic E-state index is -1.49. The summed E-state index contributed by atoms with van der Waals surface area (Å²) in [5.74, 6) is -2.34. The van der Waals surface area contributed by atoms with Gasteiger partial charge in [0.05, 0.1) is 11.3 Å². The molecule has 0 aromatic heterocycles. The number of benzene rings is 2. The Bertz CT molecular complexity index is 892. The fourth-order valence-corrected chi connectivity index (χ4v) is 2.43. The molecule has 0 radical (unpaired) electrons. The molecule has 0 bridgehead atoms. The highest BCUT2D eigenvalue weighted by atomic mass is 16.6. The van der Waals surface area contributed by atoms with Crippen molar-refractivity contribution in [1.82, 2.24) is 0 Å². The van der Waals surface area contributed by atoms with Gasteiger partial charge in [-0.25, -0.2) is 0 Å². The summed E-state index contributed by atoms with van der Waals surface area (Å²) in [7, 11) is 0. The first-order valence-electron chi connectivity index (χ1n) is 8.10. The van der Waals surface area contributed by atoms with E-state index < -0.39 is 35.4 Å². The number of carboxylic acid groups (broad SMARTS) is 2. The Morgan fingerprint density at radius 1 is 1.07 bits per heavy atom. The largest absolute Gasteiger partial charge is 0.488 e. The zero-order chi connectivity index (χ0) is 20.8. The molecule has 0 aliphatic heterocycles. The second kappa shape index (κ2) is 8.78. The van der Waals surface area contributed by atoms with E-state index in [0.29, 0.717) is 16.7 Å². The van der Waals surface area contributed by atoms with Crippen molar-refractivity contribution in [1.29, 1.82) is 0 Å². The number of non-ortho nitro benzene ring substituents is 1. The number of nitrogens with zero attached hydrogens (tertiary/aromatic N) is 1. The van der Waals surface area contributed by atoms with E-state index in [2.05, 4.69) is 6.58 Å². The van der Waals surface area contributed by atoms with Gasteiger partial charge in [-0.15, -0.1) is 0 Å². The predicted molar refractivity (Wildman–Crippen MR) is 100.0 cm³/mol. The summed E-state index contributed by atoms with van der Waals surface area (Å²) in [6.07, 6.45) is -1.80. The fourth-order valence-electron chi connectivity index (χ4n) is 2.43. The Labute approximate surface area is 159 Å². The van der Waals surface area contributed by atoms with Gasteiger partial charge in [0.1, 0.15) is 17.9 Å². The monoisotopic (exact) mass is 386 g/mol. The van der Waals surface area contributed by atoms with Gasteiger partial charge >= 0.3 is 11.9 Å². The molecule has 9 heteroatoms. The van der Waals surface area contributed by atoms with Crippen molar-refractivity contribution in [3.05, 3.63) is 76.4 Å².